The minimum Gasteiger partial charge on any atom is -0.376 e. The highest BCUT2D eigenvalue weighted by Gasteiger charge is 2.15. The van der Waals surface area contributed by atoms with Crippen molar-refractivity contribution in [2.24, 2.45) is 0 Å². The van der Waals surface area contributed by atoms with E-state index in [0.717, 1.165) is 32.5 Å². The zero-order valence-electron chi connectivity index (χ0n) is 10.7. The fraction of sp³-hybridized carbons (Fsp3) is 0.500. The minimum atomic E-state index is 0.322. The molecule has 0 amide bonds. The summed E-state index contributed by atoms with van der Waals surface area (Å²) in [6.07, 6.45) is 2.62. The highest BCUT2D eigenvalue weighted by molar-refractivity contribution is 7.80. The maximum absolute atomic E-state index is 5.54. The van der Waals surface area contributed by atoms with Crippen molar-refractivity contribution in [2.45, 2.75) is 32.4 Å². The van der Waals surface area contributed by atoms with E-state index >= 15 is 0 Å². The van der Waals surface area contributed by atoms with Gasteiger partial charge in [0.15, 0.2) is 5.11 Å². The van der Waals surface area contributed by atoms with E-state index in [1.54, 1.807) is 0 Å². The number of hydrogen-bond acceptors (Lipinski definition) is 2. The van der Waals surface area contributed by atoms with Crippen LogP contribution >= 0.6 is 12.2 Å². The van der Waals surface area contributed by atoms with Crippen LogP contribution in [0.4, 0.5) is 0 Å². The van der Waals surface area contributed by atoms with Crippen LogP contribution in [0.5, 0.6) is 0 Å². The lowest BCUT2D eigenvalue weighted by molar-refractivity contribution is 0.114. The van der Waals surface area contributed by atoms with Gasteiger partial charge in [-0.3, -0.25) is 0 Å². The molecule has 0 bridgehead atoms. The van der Waals surface area contributed by atoms with Crippen LogP contribution in [0.25, 0.3) is 0 Å². The highest BCUT2D eigenvalue weighted by atomic mass is 32.1. The standard InChI is InChI=1S/C14H20N2OS/c1-11-5-2-3-6-12(11)9-15-14(18)16-10-13-7-4-8-17-13/h2-3,5-6,13H,4,7-10H2,1H3,(H2,15,16,18)/t13-/m0/s1. The van der Waals surface area contributed by atoms with Gasteiger partial charge in [0, 0.05) is 19.7 Å². The molecule has 0 aliphatic carbocycles. The lowest BCUT2D eigenvalue weighted by Gasteiger charge is -2.14. The van der Waals surface area contributed by atoms with Crippen molar-refractivity contribution in [3.63, 3.8) is 0 Å². The Hall–Kier alpha value is -1.13. The zero-order valence-corrected chi connectivity index (χ0v) is 11.6. The average Bonchev–Trinajstić information content (AvgIpc) is 2.88. The Morgan fingerprint density at radius 1 is 1.39 bits per heavy atom. The molecule has 2 rings (SSSR count). The largest absolute Gasteiger partial charge is 0.376 e. The van der Waals surface area contributed by atoms with Gasteiger partial charge >= 0.3 is 0 Å². The predicted octanol–water partition coefficient (Wildman–Crippen LogP) is 2.14. The van der Waals surface area contributed by atoms with Gasteiger partial charge in [-0.25, -0.2) is 0 Å². The number of ether oxygens (including phenoxy) is 1. The van der Waals surface area contributed by atoms with Crippen molar-refractivity contribution in [2.75, 3.05) is 13.2 Å². The quantitative estimate of drug-likeness (QED) is 0.816. The van der Waals surface area contributed by atoms with E-state index in [1.165, 1.54) is 11.1 Å². The summed E-state index contributed by atoms with van der Waals surface area (Å²) in [6, 6.07) is 8.32. The first-order chi connectivity index (χ1) is 8.75. The van der Waals surface area contributed by atoms with E-state index in [0.29, 0.717) is 11.2 Å². The number of aryl methyl sites for hydroxylation is 1. The van der Waals surface area contributed by atoms with Crippen LogP contribution in [0.1, 0.15) is 24.0 Å². The Kier molecular flexibility index (Phi) is 4.96. The zero-order chi connectivity index (χ0) is 12.8. The summed E-state index contributed by atoms with van der Waals surface area (Å²) in [4.78, 5) is 0. The van der Waals surface area contributed by atoms with E-state index in [-0.39, 0.29) is 0 Å². The number of benzene rings is 1. The molecule has 18 heavy (non-hydrogen) atoms. The second-order valence-corrected chi connectivity index (χ2v) is 5.03. The van der Waals surface area contributed by atoms with Crippen molar-refractivity contribution >= 4 is 17.3 Å². The van der Waals surface area contributed by atoms with Crippen LogP contribution in [0, 0.1) is 6.92 Å². The Balaban J connectivity index is 1.69. The number of thiocarbonyl (C=S) groups is 1. The molecule has 1 aromatic carbocycles. The van der Waals surface area contributed by atoms with Gasteiger partial charge in [0.1, 0.15) is 0 Å². The SMILES string of the molecule is Cc1ccccc1CNC(=S)NC[C@@H]1CCCO1. The highest BCUT2D eigenvalue weighted by Crippen LogP contribution is 2.10. The molecule has 1 aliphatic rings. The third kappa shape index (κ3) is 3.96. The summed E-state index contributed by atoms with van der Waals surface area (Å²) in [6.45, 7) is 4.57. The van der Waals surface area contributed by atoms with Gasteiger partial charge in [0.05, 0.1) is 6.10 Å². The van der Waals surface area contributed by atoms with Gasteiger partial charge in [-0.1, -0.05) is 24.3 Å². The van der Waals surface area contributed by atoms with Crippen LogP contribution in [0.15, 0.2) is 24.3 Å². The van der Waals surface area contributed by atoms with E-state index in [9.17, 15) is 0 Å². The van der Waals surface area contributed by atoms with Gasteiger partial charge < -0.3 is 15.4 Å². The third-order valence-corrected chi connectivity index (χ3v) is 3.50. The van der Waals surface area contributed by atoms with Crippen molar-refractivity contribution in [3.05, 3.63) is 35.4 Å². The molecule has 3 nitrogen and oxygen atoms in total. The van der Waals surface area contributed by atoms with E-state index in [1.807, 2.05) is 12.1 Å². The first-order valence-corrected chi connectivity index (χ1v) is 6.84. The van der Waals surface area contributed by atoms with Gasteiger partial charge in [-0.05, 0) is 43.1 Å². The van der Waals surface area contributed by atoms with Gasteiger partial charge in [-0.2, -0.15) is 0 Å². The van der Waals surface area contributed by atoms with E-state index < -0.39 is 0 Å². The third-order valence-electron chi connectivity index (χ3n) is 3.21. The topological polar surface area (TPSA) is 33.3 Å². The van der Waals surface area contributed by atoms with Crippen LogP contribution in [-0.4, -0.2) is 24.4 Å². The second kappa shape index (κ2) is 6.71. The Labute approximate surface area is 114 Å². The molecule has 0 radical (unpaired) electrons. The summed E-state index contributed by atoms with van der Waals surface area (Å²) in [5.41, 5.74) is 2.56. The molecule has 0 saturated carbocycles. The van der Waals surface area contributed by atoms with Gasteiger partial charge in [0.2, 0.25) is 0 Å². The Morgan fingerprint density at radius 3 is 2.94 bits per heavy atom. The first kappa shape index (κ1) is 13.3. The molecule has 0 aromatic heterocycles. The average molecular weight is 264 g/mol. The molecule has 98 valence electrons. The molecule has 1 aromatic rings. The lowest BCUT2D eigenvalue weighted by Crippen LogP contribution is -2.39. The molecule has 0 spiro atoms. The molecule has 1 fully saturated rings. The fourth-order valence-electron chi connectivity index (χ4n) is 2.06. The van der Waals surface area contributed by atoms with Crippen molar-refractivity contribution < 1.29 is 4.74 Å². The van der Waals surface area contributed by atoms with Crippen molar-refractivity contribution in [3.8, 4) is 0 Å². The fourth-order valence-corrected chi connectivity index (χ4v) is 2.21. The monoisotopic (exact) mass is 264 g/mol. The maximum atomic E-state index is 5.54. The molecule has 1 heterocycles. The van der Waals surface area contributed by atoms with Crippen molar-refractivity contribution in [1.29, 1.82) is 0 Å². The van der Waals surface area contributed by atoms with E-state index in [4.69, 9.17) is 17.0 Å². The number of hydrogen-bond donors (Lipinski definition) is 2. The van der Waals surface area contributed by atoms with Gasteiger partial charge in [-0.15, -0.1) is 0 Å². The Bertz CT molecular complexity index is 403. The van der Waals surface area contributed by atoms with Gasteiger partial charge in [0.25, 0.3) is 0 Å². The van der Waals surface area contributed by atoms with Crippen LogP contribution < -0.4 is 10.6 Å². The Morgan fingerprint density at radius 2 is 2.22 bits per heavy atom. The van der Waals surface area contributed by atoms with Crippen LogP contribution in [0.2, 0.25) is 0 Å². The molecule has 0 unspecified atom stereocenters. The summed E-state index contributed by atoms with van der Waals surface area (Å²) in [7, 11) is 0. The summed E-state index contributed by atoms with van der Waals surface area (Å²) in [5, 5.41) is 7.14. The minimum absolute atomic E-state index is 0.322. The number of nitrogens with one attached hydrogen (secondary N) is 2. The first-order valence-electron chi connectivity index (χ1n) is 6.43. The molecule has 2 N–H and O–H groups in total. The maximum Gasteiger partial charge on any atom is 0.166 e. The van der Waals surface area contributed by atoms with Crippen LogP contribution in [0.3, 0.4) is 0 Å². The molecular formula is C14H20N2OS. The molecule has 1 atom stereocenters. The normalized spacial score (nSPS) is 18.6. The van der Waals surface area contributed by atoms with Crippen molar-refractivity contribution in [1.82, 2.24) is 10.6 Å². The molecule has 4 heteroatoms. The molecule has 1 aliphatic heterocycles. The summed E-state index contributed by atoms with van der Waals surface area (Å²) in [5.74, 6) is 0. The van der Waals surface area contributed by atoms with Crippen LogP contribution in [-0.2, 0) is 11.3 Å². The lowest BCUT2D eigenvalue weighted by atomic mass is 10.1. The smallest absolute Gasteiger partial charge is 0.166 e. The summed E-state index contributed by atoms with van der Waals surface area (Å²) >= 11 is 5.25. The van der Waals surface area contributed by atoms with E-state index in [2.05, 4.69) is 29.7 Å². The molecule has 1 saturated heterocycles. The summed E-state index contributed by atoms with van der Waals surface area (Å²) < 4.78 is 5.54. The molecular weight excluding hydrogens is 244 g/mol. The second-order valence-electron chi connectivity index (χ2n) is 4.63. The predicted molar refractivity (Wildman–Crippen MR) is 77.6 cm³/mol. The number of rotatable bonds is 4.